The minimum absolute atomic E-state index is 0.0435. The highest BCUT2D eigenvalue weighted by Crippen LogP contribution is 2.27. The van der Waals surface area contributed by atoms with Gasteiger partial charge in [-0.25, -0.2) is 5.06 Å². The Balaban J connectivity index is 1.63. The summed E-state index contributed by atoms with van der Waals surface area (Å²) in [7, 11) is 1.58. The van der Waals surface area contributed by atoms with Crippen LogP contribution in [0, 0.1) is 0 Å². The lowest BCUT2D eigenvalue weighted by atomic mass is 10.1. The highest BCUT2D eigenvalue weighted by Gasteiger charge is 2.11. The van der Waals surface area contributed by atoms with Gasteiger partial charge in [0.2, 0.25) is 0 Å². The molecule has 0 aliphatic heterocycles. The van der Waals surface area contributed by atoms with Gasteiger partial charge in [-0.15, -0.1) is 0 Å². The van der Waals surface area contributed by atoms with Crippen LogP contribution in [-0.4, -0.2) is 24.8 Å². The van der Waals surface area contributed by atoms with Crippen LogP contribution in [0.25, 0.3) is 0 Å². The Kier molecular flexibility index (Phi) is 12.3. The van der Waals surface area contributed by atoms with E-state index in [4.69, 9.17) is 4.74 Å². The first-order valence-electron chi connectivity index (χ1n) is 12.1. The highest BCUT2D eigenvalue weighted by atomic mass is 16.5. The van der Waals surface area contributed by atoms with E-state index in [9.17, 15) is 10.0 Å². The second kappa shape index (κ2) is 15.3. The number of hydrogen-bond acceptors (Lipinski definition) is 4. The molecule has 32 heavy (non-hydrogen) atoms. The van der Waals surface area contributed by atoms with E-state index >= 15 is 0 Å². The van der Waals surface area contributed by atoms with Crippen LogP contribution in [-0.2, 0) is 6.54 Å². The molecule has 0 saturated carbocycles. The zero-order chi connectivity index (χ0) is 23.0. The number of benzene rings is 2. The molecule has 2 rings (SSSR count). The molecule has 2 aromatic carbocycles. The SMILES string of the molecule is CCCCCCCCCCCCNC(=O)c1ccc(CN(O)c2ccccc2OC)cc1. The summed E-state index contributed by atoms with van der Waals surface area (Å²) in [6.45, 7) is 3.28. The third-order valence-electron chi connectivity index (χ3n) is 5.73. The van der Waals surface area contributed by atoms with Crippen molar-refractivity contribution in [2.45, 2.75) is 77.7 Å². The van der Waals surface area contributed by atoms with Crippen molar-refractivity contribution in [3.8, 4) is 5.75 Å². The second-order valence-corrected chi connectivity index (χ2v) is 8.36. The first kappa shape index (κ1) is 25.7. The van der Waals surface area contributed by atoms with Crippen molar-refractivity contribution >= 4 is 11.6 Å². The van der Waals surface area contributed by atoms with Gasteiger partial charge in [-0.1, -0.05) is 89.0 Å². The number of unbranched alkanes of at least 4 members (excludes halogenated alkanes) is 9. The monoisotopic (exact) mass is 440 g/mol. The van der Waals surface area contributed by atoms with Crippen molar-refractivity contribution < 1.29 is 14.7 Å². The van der Waals surface area contributed by atoms with Crippen LogP contribution in [0.15, 0.2) is 48.5 Å². The molecule has 2 aromatic rings. The van der Waals surface area contributed by atoms with Crippen LogP contribution >= 0.6 is 0 Å². The lowest BCUT2D eigenvalue weighted by Gasteiger charge is -2.19. The van der Waals surface area contributed by atoms with E-state index in [0.717, 1.165) is 23.6 Å². The Morgan fingerprint density at radius 1 is 0.875 bits per heavy atom. The summed E-state index contributed by atoms with van der Waals surface area (Å²) >= 11 is 0. The average Bonchev–Trinajstić information content (AvgIpc) is 2.82. The summed E-state index contributed by atoms with van der Waals surface area (Å²) in [4.78, 5) is 12.4. The largest absolute Gasteiger partial charge is 0.494 e. The fourth-order valence-electron chi connectivity index (χ4n) is 3.78. The first-order valence-corrected chi connectivity index (χ1v) is 12.1. The standard InChI is InChI=1S/C27H40N2O3/c1-3-4-5-6-7-8-9-10-11-14-21-28-27(30)24-19-17-23(18-20-24)22-29(31)25-15-12-13-16-26(25)32-2/h12-13,15-20,31H,3-11,14,21-22H2,1-2H3,(H,28,30). The molecule has 0 aliphatic carbocycles. The number of hydroxylamine groups is 1. The van der Waals surface area contributed by atoms with Crippen LogP contribution in [0.3, 0.4) is 0 Å². The number of nitrogens with zero attached hydrogens (tertiary/aromatic N) is 1. The van der Waals surface area contributed by atoms with Gasteiger partial charge in [0.1, 0.15) is 11.4 Å². The maximum absolute atomic E-state index is 12.4. The molecular formula is C27H40N2O3. The number of rotatable bonds is 16. The van der Waals surface area contributed by atoms with Gasteiger partial charge in [-0.3, -0.25) is 10.0 Å². The first-order chi connectivity index (χ1) is 15.7. The number of ether oxygens (including phenoxy) is 1. The molecule has 0 unspecified atom stereocenters. The smallest absolute Gasteiger partial charge is 0.251 e. The quantitative estimate of drug-likeness (QED) is 0.224. The Morgan fingerprint density at radius 3 is 2.09 bits per heavy atom. The summed E-state index contributed by atoms with van der Waals surface area (Å²) in [5.41, 5.74) is 2.15. The van der Waals surface area contributed by atoms with Gasteiger partial charge in [0.15, 0.2) is 0 Å². The zero-order valence-electron chi connectivity index (χ0n) is 19.8. The fraction of sp³-hybridized carbons (Fsp3) is 0.519. The fourth-order valence-corrected chi connectivity index (χ4v) is 3.78. The van der Waals surface area contributed by atoms with Crippen LogP contribution in [0.5, 0.6) is 5.75 Å². The third kappa shape index (κ3) is 9.31. The minimum atomic E-state index is -0.0435. The second-order valence-electron chi connectivity index (χ2n) is 8.36. The molecule has 0 atom stereocenters. The molecule has 1 amide bonds. The summed E-state index contributed by atoms with van der Waals surface area (Å²) in [5, 5.41) is 14.6. The molecule has 0 aromatic heterocycles. The zero-order valence-corrected chi connectivity index (χ0v) is 19.8. The molecule has 0 heterocycles. The third-order valence-corrected chi connectivity index (χ3v) is 5.73. The van der Waals surface area contributed by atoms with E-state index < -0.39 is 0 Å². The van der Waals surface area contributed by atoms with Crippen molar-refractivity contribution in [1.82, 2.24) is 5.32 Å². The molecule has 5 heteroatoms. The van der Waals surface area contributed by atoms with Gasteiger partial charge >= 0.3 is 0 Å². The molecular weight excluding hydrogens is 400 g/mol. The summed E-state index contributed by atoms with van der Waals surface area (Å²) in [6.07, 6.45) is 12.9. The highest BCUT2D eigenvalue weighted by molar-refractivity contribution is 5.94. The lowest BCUT2D eigenvalue weighted by molar-refractivity contribution is 0.0953. The van der Waals surface area contributed by atoms with E-state index in [1.807, 2.05) is 24.3 Å². The summed E-state index contributed by atoms with van der Waals surface area (Å²) in [5.74, 6) is 0.566. The number of amides is 1. The molecule has 0 spiro atoms. The van der Waals surface area contributed by atoms with Gasteiger partial charge in [0.05, 0.1) is 13.7 Å². The van der Waals surface area contributed by atoms with E-state index in [0.29, 0.717) is 23.5 Å². The number of carbonyl (C=O) groups excluding carboxylic acids is 1. The van der Waals surface area contributed by atoms with E-state index in [1.54, 1.807) is 31.4 Å². The minimum Gasteiger partial charge on any atom is -0.494 e. The lowest BCUT2D eigenvalue weighted by Crippen LogP contribution is -2.24. The predicted octanol–water partition coefficient (Wildman–Crippen LogP) is 6.74. The van der Waals surface area contributed by atoms with E-state index in [2.05, 4.69) is 12.2 Å². The van der Waals surface area contributed by atoms with Crippen LogP contribution in [0.4, 0.5) is 5.69 Å². The Morgan fingerprint density at radius 2 is 1.47 bits per heavy atom. The summed E-state index contributed by atoms with van der Waals surface area (Å²) in [6, 6.07) is 14.7. The van der Waals surface area contributed by atoms with Crippen molar-refractivity contribution in [2.24, 2.45) is 0 Å². The van der Waals surface area contributed by atoms with Crippen molar-refractivity contribution in [2.75, 3.05) is 18.7 Å². The number of hydrogen-bond donors (Lipinski definition) is 2. The maximum atomic E-state index is 12.4. The molecule has 0 saturated heterocycles. The van der Waals surface area contributed by atoms with Gasteiger partial charge < -0.3 is 10.1 Å². The molecule has 0 fully saturated rings. The average molecular weight is 441 g/mol. The molecule has 0 radical (unpaired) electrons. The van der Waals surface area contributed by atoms with E-state index in [-0.39, 0.29) is 5.91 Å². The molecule has 0 bridgehead atoms. The van der Waals surface area contributed by atoms with Crippen LogP contribution < -0.4 is 15.1 Å². The Hall–Kier alpha value is -2.53. The normalized spacial score (nSPS) is 10.7. The molecule has 0 aliphatic rings. The number of methoxy groups -OCH3 is 1. The number of nitrogens with one attached hydrogen (secondary N) is 1. The number of carbonyl (C=O) groups is 1. The van der Waals surface area contributed by atoms with Crippen LogP contribution in [0.2, 0.25) is 0 Å². The number of anilines is 1. The topological polar surface area (TPSA) is 61.8 Å². The van der Waals surface area contributed by atoms with Gasteiger partial charge in [0.25, 0.3) is 5.91 Å². The molecule has 176 valence electrons. The van der Waals surface area contributed by atoms with Crippen molar-refractivity contribution in [1.29, 1.82) is 0 Å². The predicted molar refractivity (Wildman–Crippen MR) is 132 cm³/mol. The van der Waals surface area contributed by atoms with Gasteiger partial charge in [0, 0.05) is 12.1 Å². The van der Waals surface area contributed by atoms with Crippen molar-refractivity contribution in [3.63, 3.8) is 0 Å². The van der Waals surface area contributed by atoms with Crippen molar-refractivity contribution in [3.05, 3.63) is 59.7 Å². The maximum Gasteiger partial charge on any atom is 0.251 e. The van der Waals surface area contributed by atoms with Gasteiger partial charge in [-0.05, 0) is 36.2 Å². The van der Waals surface area contributed by atoms with Crippen LogP contribution in [0.1, 0.15) is 87.1 Å². The Bertz CT molecular complexity index is 777. The Labute approximate surface area is 193 Å². The number of para-hydroxylation sites is 2. The summed E-state index contributed by atoms with van der Waals surface area (Å²) < 4.78 is 5.29. The molecule has 5 nitrogen and oxygen atoms in total. The van der Waals surface area contributed by atoms with E-state index in [1.165, 1.54) is 57.8 Å². The van der Waals surface area contributed by atoms with Gasteiger partial charge in [-0.2, -0.15) is 0 Å². The molecule has 2 N–H and O–H groups in total.